The van der Waals surface area contributed by atoms with Crippen LogP contribution in [-0.4, -0.2) is 5.17 Å². The average Bonchev–Trinajstić information content (AvgIpc) is 2.05. The summed E-state index contributed by atoms with van der Waals surface area (Å²) in [5, 5.41) is 3.50. The number of aryl methyl sites for hydroxylation is 1. The Balaban J connectivity index is 2.58. The van der Waals surface area contributed by atoms with E-state index >= 15 is 0 Å². The summed E-state index contributed by atoms with van der Waals surface area (Å²) in [6.07, 6.45) is 0. The van der Waals surface area contributed by atoms with E-state index < -0.39 is 0 Å². The minimum absolute atomic E-state index is 0.330. The van der Waals surface area contributed by atoms with Crippen molar-refractivity contribution < 1.29 is 4.74 Å². The van der Waals surface area contributed by atoms with E-state index in [1.165, 1.54) is 5.56 Å². The van der Waals surface area contributed by atoms with Gasteiger partial charge in [-0.15, -0.1) is 0 Å². The Hall–Kier alpha value is -1.09. The van der Waals surface area contributed by atoms with Crippen LogP contribution < -0.4 is 5.32 Å². The Bertz CT molecular complexity index is 398. The highest BCUT2D eigenvalue weighted by Gasteiger charge is 2.31. The molecule has 0 saturated heterocycles. The van der Waals surface area contributed by atoms with E-state index in [0.29, 0.717) is 5.17 Å². The minimum Gasteiger partial charge on any atom is -0.460 e. The van der Waals surface area contributed by atoms with E-state index in [9.17, 15) is 0 Å². The number of anilines is 1. The molecule has 3 heteroatoms. The molecule has 0 amide bonds. The van der Waals surface area contributed by atoms with Crippen molar-refractivity contribution in [2.45, 2.75) is 26.4 Å². The molecule has 0 spiro atoms. The SMILES string of the molecule is Cc1ccc2c(c1)C(C)(C)OC(=S)N2. The van der Waals surface area contributed by atoms with Crippen molar-refractivity contribution in [2.24, 2.45) is 0 Å². The molecular weight excluding hydrogens is 194 g/mol. The summed E-state index contributed by atoms with van der Waals surface area (Å²) in [6.45, 7) is 6.13. The standard InChI is InChI=1S/C11H13NOS/c1-7-4-5-9-8(6-7)11(2,3)13-10(14)12-9/h4-6H,1-3H3,(H,12,14). The van der Waals surface area contributed by atoms with E-state index in [1.54, 1.807) is 0 Å². The van der Waals surface area contributed by atoms with Gasteiger partial charge in [0.15, 0.2) is 0 Å². The third kappa shape index (κ3) is 1.48. The fourth-order valence-corrected chi connectivity index (χ4v) is 2.01. The van der Waals surface area contributed by atoms with Crippen LogP contribution in [0.2, 0.25) is 0 Å². The highest BCUT2D eigenvalue weighted by molar-refractivity contribution is 7.80. The van der Waals surface area contributed by atoms with Gasteiger partial charge < -0.3 is 10.1 Å². The molecule has 1 N–H and O–H groups in total. The Morgan fingerprint density at radius 1 is 1.36 bits per heavy atom. The summed E-state index contributed by atoms with van der Waals surface area (Å²) >= 11 is 5.03. The van der Waals surface area contributed by atoms with E-state index in [1.807, 2.05) is 19.9 Å². The van der Waals surface area contributed by atoms with Crippen LogP contribution in [0.3, 0.4) is 0 Å². The molecule has 0 radical (unpaired) electrons. The molecule has 0 fully saturated rings. The Kier molecular flexibility index (Phi) is 2.00. The Morgan fingerprint density at radius 2 is 2.07 bits per heavy atom. The molecule has 1 aromatic rings. The van der Waals surface area contributed by atoms with E-state index in [4.69, 9.17) is 17.0 Å². The maximum Gasteiger partial charge on any atom is 0.262 e. The molecule has 0 aromatic heterocycles. The third-order valence-corrected chi connectivity index (χ3v) is 2.59. The monoisotopic (exact) mass is 207 g/mol. The van der Waals surface area contributed by atoms with Crippen LogP contribution in [0.5, 0.6) is 0 Å². The molecule has 0 saturated carbocycles. The van der Waals surface area contributed by atoms with Crippen molar-refractivity contribution in [3.8, 4) is 0 Å². The first kappa shape index (κ1) is 9.46. The van der Waals surface area contributed by atoms with Gasteiger partial charge in [0.25, 0.3) is 5.17 Å². The molecule has 74 valence electrons. The topological polar surface area (TPSA) is 21.3 Å². The number of benzene rings is 1. The third-order valence-electron chi connectivity index (χ3n) is 2.41. The van der Waals surface area contributed by atoms with Crippen LogP contribution in [0.15, 0.2) is 18.2 Å². The van der Waals surface area contributed by atoms with Gasteiger partial charge in [0.1, 0.15) is 5.60 Å². The molecule has 0 atom stereocenters. The van der Waals surface area contributed by atoms with Gasteiger partial charge in [-0.3, -0.25) is 0 Å². The van der Waals surface area contributed by atoms with Crippen molar-refractivity contribution >= 4 is 23.1 Å². The molecular formula is C11H13NOS. The lowest BCUT2D eigenvalue weighted by Gasteiger charge is -2.34. The normalized spacial score (nSPS) is 18.1. The number of hydrogen-bond donors (Lipinski definition) is 1. The largest absolute Gasteiger partial charge is 0.460 e. The van der Waals surface area contributed by atoms with Crippen LogP contribution in [0, 0.1) is 6.92 Å². The summed E-state index contributed by atoms with van der Waals surface area (Å²) in [4.78, 5) is 0. The van der Waals surface area contributed by atoms with Crippen LogP contribution in [0.4, 0.5) is 5.69 Å². The van der Waals surface area contributed by atoms with Crippen LogP contribution in [0.1, 0.15) is 25.0 Å². The molecule has 1 aliphatic heterocycles. The summed E-state index contributed by atoms with van der Waals surface area (Å²) < 4.78 is 5.58. The van der Waals surface area contributed by atoms with Crippen molar-refractivity contribution in [1.29, 1.82) is 0 Å². The second kappa shape index (κ2) is 2.95. The molecule has 2 rings (SSSR count). The molecule has 2 nitrogen and oxygen atoms in total. The first-order chi connectivity index (χ1) is 6.49. The second-order valence-corrected chi connectivity index (χ2v) is 4.44. The lowest BCUT2D eigenvalue weighted by Crippen LogP contribution is -2.34. The van der Waals surface area contributed by atoms with Gasteiger partial charge in [0.05, 0.1) is 0 Å². The van der Waals surface area contributed by atoms with Crippen LogP contribution in [-0.2, 0) is 10.3 Å². The molecule has 1 aliphatic rings. The number of rotatable bonds is 0. The highest BCUT2D eigenvalue weighted by Crippen LogP contribution is 2.35. The molecule has 14 heavy (non-hydrogen) atoms. The summed E-state index contributed by atoms with van der Waals surface area (Å²) in [5.41, 5.74) is 3.11. The van der Waals surface area contributed by atoms with Gasteiger partial charge in [-0.05, 0) is 39.1 Å². The molecule has 1 heterocycles. The zero-order valence-corrected chi connectivity index (χ0v) is 9.37. The Morgan fingerprint density at radius 3 is 2.79 bits per heavy atom. The van der Waals surface area contributed by atoms with Crippen molar-refractivity contribution in [2.75, 3.05) is 5.32 Å². The smallest absolute Gasteiger partial charge is 0.262 e. The van der Waals surface area contributed by atoms with Gasteiger partial charge in [-0.1, -0.05) is 17.7 Å². The predicted molar refractivity (Wildman–Crippen MR) is 61.5 cm³/mol. The molecule has 0 unspecified atom stereocenters. The van der Waals surface area contributed by atoms with Crippen molar-refractivity contribution in [3.05, 3.63) is 29.3 Å². The van der Waals surface area contributed by atoms with Gasteiger partial charge in [-0.25, -0.2) is 0 Å². The minimum atomic E-state index is -0.330. The van der Waals surface area contributed by atoms with Crippen molar-refractivity contribution in [3.63, 3.8) is 0 Å². The number of hydrogen-bond acceptors (Lipinski definition) is 2. The first-order valence-corrected chi connectivity index (χ1v) is 5.01. The van der Waals surface area contributed by atoms with E-state index in [-0.39, 0.29) is 5.60 Å². The van der Waals surface area contributed by atoms with E-state index in [2.05, 4.69) is 24.4 Å². The number of ether oxygens (including phenoxy) is 1. The maximum absolute atomic E-state index is 5.58. The summed E-state index contributed by atoms with van der Waals surface area (Å²) in [6, 6.07) is 6.24. The number of thiocarbonyl (C=S) groups is 1. The number of fused-ring (bicyclic) bond motifs is 1. The lowest BCUT2D eigenvalue weighted by atomic mass is 9.93. The Labute approximate surface area is 89.3 Å². The maximum atomic E-state index is 5.58. The van der Waals surface area contributed by atoms with E-state index in [0.717, 1.165) is 11.3 Å². The first-order valence-electron chi connectivity index (χ1n) is 4.60. The van der Waals surface area contributed by atoms with Gasteiger partial charge in [-0.2, -0.15) is 0 Å². The van der Waals surface area contributed by atoms with Crippen LogP contribution in [0.25, 0.3) is 0 Å². The second-order valence-electron chi connectivity index (χ2n) is 4.07. The summed E-state index contributed by atoms with van der Waals surface area (Å²) in [7, 11) is 0. The van der Waals surface area contributed by atoms with Crippen molar-refractivity contribution in [1.82, 2.24) is 0 Å². The zero-order valence-electron chi connectivity index (χ0n) is 8.55. The predicted octanol–water partition coefficient (Wildman–Crippen LogP) is 2.96. The zero-order chi connectivity index (χ0) is 10.3. The number of nitrogens with one attached hydrogen (secondary N) is 1. The quantitative estimate of drug-likeness (QED) is 0.661. The van der Waals surface area contributed by atoms with Gasteiger partial charge in [0, 0.05) is 11.3 Å². The summed E-state index contributed by atoms with van der Waals surface area (Å²) in [5.74, 6) is 0. The fourth-order valence-electron chi connectivity index (χ4n) is 1.69. The van der Waals surface area contributed by atoms with Gasteiger partial charge in [0.2, 0.25) is 0 Å². The molecule has 0 aliphatic carbocycles. The van der Waals surface area contributed by atoms with Crippen LogP contribution >= 0.6 is 12.2 Å². The fraction of sp³-hybridized carbons (Fsp3) is 0.364. The van der Waals surface area contributed by atoms with Gasteiger partial charge >= 0.3 is 0 Å². The average molecular weight is 207 g/mol. The lowest BCUT2D eigenvalue weighted by molar-refractivity contribution is 0.0946. The molecule has 1 aromatic carbocycles. The molecule has 0 bridgehead atoms. The highest BCUT2D eigenvalue weighted by atomic mass is 32.1.